The molecule has 0 unspecified atom stereocenters. The minimum atomic E-state index is -3.27. The molecule has 0 aliphatic rings. The number of hydrogen-bond donors (Lipinski definition) is 0. The smallest absolute Gasteiger partial charge is 0.208 e. The Kier molecular flexibility index (Phi) is 4.71. The van der Waals surface area contributed by atoms with Gasteiger partial charge >= 0.3 is 0 Å². The second-order valence-electron chi connectivity index (χ2n) is 3.34. The quantitative estimate of drug-likeness (QED) is 0.791. The third kappa shape index (κ3) is 3.47. The van der Waals surface area contributed by atoms with Crippen LogP contribution >= 0.6 is 0 Å². The van der Waals surface area contributed by atoms with E-state index >= 15 is 0 Å². The lowest BCUT2D eigenvalue weighted by atomic mass is 10.2. The fraction of sp³-hybridized carbons (Fsp3) is 0.333. The Morgan fingerprint density at radius 1 is 1.12 bits per heavy atom. The van der Waals surface area contributed by atoms with Crippen LogP contribution in [0.3, 0.4) is 0 Å². The highest BCUT2D eigenvalue weighted by atomic mass is 32.2. The van der Waals surface area contributed by atoms with Crippen molar-refractivity contribution >= 4 is 16.1 Å². The molecule has 1 rings (SSSR count). The van der Waals surface area contributed by atoms with Crippen LogP contribution in [0.2, 0.25) is 0 Å². The van der Waals surface area contributed by atoms with E-state index in [1.165, 1.54) is 9.71 Å². The second-order valence-corrected chi connectivity index (χ2v) is 5.16. The predicted octanol–water partition coefficient (Wildman–Crippen LogP) is 2.33. The van der Waals surface area contributed by atoms with Crippen LogP contribution in [0.1, 0.15) is 19.4 Å². The molecule has 0 bridgehead atoms. The van der Waals surface area contributed by atoms with Gasteiger partial charge in [-0.15, -0.1) is 0 Å². The van der Waals surface area contributed by atoms with Gasteiger partial charge in [0.15, 0.2) is 0 Å². The fourth-order valence-corrected chi connectivity index (χ4v) is 2.62. The first-order valence-electron chi connectivity index (χ1n) is 5.33. The van der Waals surface area contributed by atoms with E-state index in [2.05, 4.69) is 0 Å². The van der Waals surface area contributed by atoms with Crippen LogP contribution in [0.4, 0.5) is 0 Å². The highest BCUT2D eigenvalue weighted by Gasteiger charge is 2.14. The number of nitrogens with zero attached hydrogens (tertiary/aromatic N) is 1. The summed E-state index contributed by atoms with van der Waals surface area (Å²) in [6.07, 6.45) is 1.62. The molecular formula is C12H17NO2S. The summed E-state index contributed by atoms with van der Waals surface area (Å²) in [5.74, 6) is 0. The van der Waals surface area contributed by atoms with E-state index in [0.717, 1.165) is 5.56 Å². The van der Waals surface area contributed by atoms with E-state index in [9.17, 15) is 8.42 Å². The Balaban J connectivity index is 2.85. The van der Waals surface area contributed by atoms with Crippen molar-refractivity contribution < 1.29 is 8.42 Å². The van der Waals surface area contributed by atoms with Gasteiger partial charge in [0.1, 0.15) is 0 Å². The number of hydrogen-bond acceptors (Lipinski definition) is 2. The predicted molar refractivity (Wildman–Crippen MR) is 67.3 cm³/mol. The van der Waals surface area contributed by atoms with Crippen molar-refractivity contribution in [2.24, 2.45) is 0 Å². The summed E-state index contributed by atoms with van der Waals surface area (Å²) in [5.41, 5.74) is 0.887. The molecule has 0 N–H and O–H groups in total. The third-order valence-corrected chi connectivity index (χ3v) is 4.01. The van der Waals surface area contributed by atoms with Crippen LogP contribution in [0.15, 0.2) is 35.7 Å². The molecule has 0 amide bonds. The lowest BCUT2D eigenvalue weighted by Crippen LogP contribution is -2.28. The molecule has 1 aromatic rings. The molecule has 16 heavy (non-hydrogen) atoms. The third-order valence-electron chi connectivity index (χ3n) is 2.30. The molecule has 0 fully saturated rings. The number of benzene rings is 1. The molecule has 0 aliphatic carbocycles. The first-order valence-corrected chi connectivity index (χ1v) is 6.83. The van der Waals surface area contributed by atoms with Crippen molar-refractivity contribution in [1.82, 2.24) is 4.31 Å². The van der Waals surface area contributed by atoms with Crippen molar-refractivity contribution in [3.8, 4) is 0 Å². The van der Waals surface area contributed by atoms with Gasteiger partial charge in [0.25, 0.3) is 0 Å². The zero-order chi connectivity index (χ0) is 12.0. The van der Waals surface area contributed by atoms with Crippen molar-refractivity contribution in [3.05, 3.63) is 41.3 Å². The highest BCUT2D eigenvalue weighted by Crippen LogP contribution is 2.07. The monoisotopic (exact) mass is 239 g/mol. The van der Waals surface area contributed by atoms with Gasteiger partial charge in [-0.25, -0.2) is 8.42 Å². The van der Waals surface area contributed by atoms with Crippen molar-refractivity contribution in [3.63, 3.8) is 0 Å². The zero-order valence-corrected chi connectivity index (χ0v) is 10.4. The van der Waals surface area contributed by atoms with Gasteiger partial charge < -0.3 is 0 Å². The van der Waals surface area contributed by atoms with E-state index in [-0.39, 0.29) is 0 Å². The molecule has 3 nitrogen and oxygen atoms in total. The van der Waals surface area contributed by atoms with Crippen molar-refractivity contribution in [2.45, 2.75) is 13.8 Å². The van der Waals surface area contributed by atoms with E-state index < -0.39 is 10.0 Å². The number of sulfonamides is 1. The van der Waals surface area contributed by atoms with E-state index in [1.807, 2.05) is 44.2 Å². The highest BCUT2D eigenvalue weighted by molar-refractivity contribution is 7.92. The van der Waals surface area contributed by atoms with Crippen LogP contribution in [-0.4, -0.2) is 25.8 Å². The molecule has 0 aromatic heterocycles. The molecule has 0 atom stereocenters. The lowest BCUT2D eigenvalue weighted by Gasteiger charge is -2.15. The van der Waals surface area contributed by atoms with Gasteiger partial charge in [0.2, 0.25) is 10.0 Å². The normalized spacial score (nSPS) is 12.4. The molecule has 4 heteroatoms. The Labute approximate surface area is 97.5 Å². The standard InChI is InChI=1S/C12H17NO2S/c1-3-13(4-2)16(14,15)11-10-12-8-6-5-7-9-12/h5-11H,3-4H2,1-2H3/b11-10-. The summed E-state index contributed by atoms with van der Waals surface area (Å²) in [6, 6.07) is 9.39. The first kappa shape index (κ1) is 12.9. The maximum absolute atomic E-state index is 11.8. The molecular weight excluding hydrogens is 222 g/mol. The minimum absolute atomic E-state index is 0.498. The minimum Gasteiger partial charge on any atom is -0.208 e. The van der Waals surface area contributed by atoms with Gasteiger partial charge in [-0.05, 0) is 11.6 Å². The summed E-state index contributed by atoms with van der Waals surface area (Å²) < 4.78 is 25.0. The zero-order valence-electron chi connectivity index (χ0n) is 9.63. The van der Waals surface area contributed by atoms with Gasteiger partial charge in [-0.1, -0.05) is 44.2 Å². The summed E-state index contributed by atoms with van der Waals surface area (Å²) in [7, 11) is -3.27. The van der Waals surface area contributed by atoms with E-state index in [0.29, 0.717) is 13.1 Å². The largest absolute Gasteiger partial charge is 0.236 e. The first-order chi connectivity index (χ1) is 7.60. The molecule has 88 valence electrons. The maximum atomic E-state index is 11.8. The molecule has 0 saturated heterocycles. The van der Waals surface area contributed by atoms with Crippen LogP contribution < -0.4 is 0 Å². The van der Waals surface area contributed by atoms with Crippen LogP contribution in [0.5, 0.6) is 0 Å². The van der Waals surface area contributed by atoms with Gasteiger partial charge in [0, 0.05) is 18.5 Å². The maximum Gasteiger partial charge on any atom is 0.236 e. The van der Waals surface area contributed by atoms with Crippen LogP contribution in [0.25, 0.3) is 6.08 Å². The van der Waals surface area contributed by atoms with Crippen LogP contribution in [-0.2, 0) is 10.0 Å². The summed E-state index contributed by atoms with van der Waals surface area (Å²) >= 11 is 0. The average Bonchev–Trinajstić information content (AvgIpc) is 2.29. The van der Waals surface area contributed by atoms with E-state index in [4.69, 9.17) is 0 Å². The SMILES string of the molecule is CCN(CC)S(=O)(=O)/C=C\c1ccccc1. The molecule has 0 spiro atoms. The fourth-order valence-electron chi connectivity index (χ4n) is 1.40. The Morgan fingerprint density at radius 2 is 1.69 bits per heavy atom. The summed E-state index contributed by atoms with van der Waals surface area (Å²) in [6.45, 7) is 4.66. The van der Waals surface area contributed by atoms with E-state index in [1.54, 1.807) is 6.08 Å². The molecule has 0 saturated carbocycles. The average molecular weight is 239 g/mol. The topological polar surface area (TPSA) is 37.4 Å². The molecule has 0 aliphatic heterocycles. The van der Waals surface area contributed by atoms with Crippen molar-refractivity contribution in [1.29, 1.82) is 0 Å². The molecule has 0 heterocycles. The van der Waals surface area contributed by atoms with Crippen molar-refractivity contribution in [2.75, 3.05) is 13.1 Å². The molecule has 1 aromatic carbocycles. The van der Waals surface area contributed by atoms with Crippen LogP contribution in [0, 0.1) is 0 Å². The molecule has 0 radical (unpaired) electrons. The lowest BCUT2D eigenvalue weighted by molar-refractivity contribution is 0.453. The number of rotatable bonds is 5. The Morgan fingerprint density at radius 3 is 2.19 bits per heavy atom. The van der Waals surface area contributed by atoms with Gasteiger partial charge in [-0.2, -0.15) is 4.31 Å². The Bertz CT molecular complexity index is 433. The van der Waals surface area contributed by atoms with Gasteiger partial charge in [-0.3, -0.25) is 0 Å². The van der Waals surface area contributed by atoms with Gasteiger partial charge in [0.05, 0.1) is 0 Å². The Hall–Kier alpha value is -1.13. The summed E-state index contributed by atoms with van der Waals surface area (Å²) in [5, 5.41) is 1.26. The summed E-state index contributed by atoms with van der Waals surface area (Å²) in [4.78, 5) is 0. The second kappa shape index (κ2) is 5.82.